The van der Waals surface area contributed by atoms with E-state index in [1.807, 2.05) is 27.7 Å². The number of para-hydroxylation sites is 1. The van der Waals surface area contributed by atoms with Crippen molar-refractivity contribution in [3.05, 3.63) is 46.2 Å². The lowest BCUT2D eigenvalue weighted by atomic mass is 10.1. The molecule has 1 aromatic carbocycles. The molecule has 0 fully saturated rings. The fourth-order valence-corrected chi connectivity index (χ4v) is 1.38. The van der Waals surface area contributed by atoms with Crippen LogP contribution >= 0.6 is 0 Å². The highest BCUT2D eigenvalue weighted by atomic mass is 16.4. The number of benzene rings is 1. The summed E-state index contributed by atoms with van der Waals surface area (Å²) in [5.41, 5.74) is 0.169. The number of carboxylic acid groups (broad SMARTS) is 1. The summed E-state index contributed by atoms with van der Waals surface area (Å²) in [4.78, 5) is 24.5. The van der Waals surface area contributed by atoms with Crippen molar-refractivity contribution >= 4 is 16.9 Å². The van der Waals surface area contributed by atoms with Gasteiger partial charge in [-0.15, -0.1) is 0 Å². The van der Waals surface area contributed by atoms with Gasteiger partial charge in [0.1, 0.15) is 0 Å². The molecule has 0 unspecified atom stereocenters. The topological polar surface area (TPSA) is 70.2 Å². The number of aromatic amines is 1. The minimum atomic E-state index is -1.09. The number of aromatic carboxylic acids is 1. The first-order chi connectivity index (χ1) is 8.68. The Hall–Kier alpha value is -2.10. The van der Waals surface area contributed by atoms with E-state index in [1.54, 1.807) is 24.3 Å². The molecule has 0 amide bonds. The smallest absolute Gasteiger partial charge is 0.336 e. The van der Waals surface area contributed by atoms with Crippen LogP contribution in [0.2, 0.25) is 0 Å². The number of H-pyrrole nitrogens is 1. The van der Waals surface area contributed by atoms with Gasteiger partial charge < -0.3 is 10.1 Å². The molecular formula is C14H19NO3. The van der Waals surface area contributed by atoms with Gasteiger partial charge in [0, 0.05) is 17.0 Å². The molecule has 2 aromatic rings. The number of hydrogen-bond donors (Lipinski definition) is 2. The number of nitrogens with one attached hydrogen (secondary N) is 1. The maximum atomic E-state index is 11.1. The van der Waals surface area contributed by atoms with Gasteiger partial charge in [0.15, 0.2) is 0 Å². The summed E-state index contributed by atoms with van der Waals surface area (Å²) in [6, 6.07) is 7.89. The maximum absolute atomic E-state index is 11.1. The average molecular weight is 249 g/mol. The van der Waals surface area contributed by atoms with Gasteiger partial charge in [-0.05, 0) is 6.07 Å². The fourth-order valence-electron chi connectivity index (χ4n) is 1.38. The predicted octanol–water partition coefficient (Wildman–Crippen LogP) is 3.28. The molecule has 2 rings (SSSR count). The zero-order valence-corrected chi connectivity index (χ0v) is 11.2. The first kappa shape index (κ1) is 15.9. The van der Waals surface area contributed by atoms with Crippen LogP contribution in [0.1, 0.15) is 38.1 Å². The van der Waals surface area contributed by atoms with E-state index < -0.39 is 11.5 Å². The molecular weight excluding hydrogens is 230 g/mol. The van der Waals surface area contributed by atoms with Crippen molar-refractivity contribution in [1.29, 1.82) is 0 Å². The highest BCUT2D eigenvalue weighted by Crippen LogP contribution is 2.13. The van der Waals surface area contributed by atoms with Crippen LogP contribution in [-0.4, -0.2) is 16.1 Å². The van der Waals surface area contributed by atoms with E-state index in [9.17, 15) is 9.59 Å². The quantitative estimate of drug-likeness (QED) is 0.814. The predicted molar refractivity (Wildman–Crippen MR) is 74.2 cm³/mol. The molecule has 0 radical (unpaired) electrons. The molecule has 18 heavy (non-hydrogen) atoms. The fraction of sp³-hybridized carbons (Fsp3) is 0.286. The molecule has 0 saturated heterocycles. The van der Waals surface area contributed by atoms with Gasteiger partial charge in [-0.3, -0.25) is 4.79 Å². The van der Waals surface area contributed by atoms with Crippen molar-refractivity contribution in [2.75, 3.05) is 0 Å². The summed E-state index contributed by atoms with van der Waals surface area (Å²) in [5, 5.41) is 9.40. The Balaban J connectivity index is 0.000000659. The van der Waals surface area contributed by atoms with Gasteiger partial charge >= 0.3 is 5.97 Å². The SMILES string of the molecule is CC.CC.O=C(O)c1cc(=O)[nH]c2ccccc12. The van der Waals surface area contributed by atoms with Crippen LogP contribution in [0.25, 0.3) is 10.9 Å². The highest BCUT2D eigenvalue weighted by Gasteiger charge is 2.08. The second-order valence-corrected chi connectivity index (χ2v) is 2.90. The number of carboxylic acids is 1. The summed E-state index contributed by atoms with van der Waals surface area (Å²) in [5.74, 6) is -1.09. The summed E-state index contributed by atoms with van der Waals surface area (Å²) >= 11 is 0. The van der Waals surface area contributed by atoms with Gasteiger partial charge in [0.25, 0.3) is 0 Å². The van der Waals surface area contributed by atoms with E-state index in [4.69, 9.17) is 5.11 Å². The van der Waals surface area contributed by atoms with Crippen LogP contribution in [0.3, 0.4) is 0 Å². The van der Waals surface area contributed by atoms with Crippen LogP contribution in [-0.2, 0) is 0 Å². The zero-order valence-electron chi connectivity index (χ0n) is 11.2. The Morgan fingerprint density at radius 3 is 2.22 bits per heavy atom. The molecule has 0 bridgehead atoms. The van der Waals surface area contributed by atoms with Gasteiger partial charge in [-0.1, -0.05) is 45.9 Å². The molecule has 0 aliphatic rings. The lowest BCUT2D eigenvalue weighted by Crippen LogP contribution is -2.09. The van der Waals surface area contributed by atoms with E-state index in [0.29, 0.717) is 10.9 Å². The second-order valence-electron chi connectivity index (χ2n) is 2.90. The van der Waals surface area contributed by atoms with Gasteiger partial charge in [-0.2, -0.15) is 0 Å². The zero-order chi connectivity index (χ0) is 14.1. The summed E-state index contributed by atoms with van der Waals surface area (Å²) in [7, 11) is 0. The van der Waals surface area contributed by atoms with E-state index in [1.165, 1.54) is 0 Å². The van der Waals surface area contributed by atoms with Gasteiger partial charge in [0.2, 0.25) is 5.56 Å². The number of fused-ring (bicyclic) bond motifs is 1. The molecule has 0 spiro atoms. The average Bonchev–Trinajstić information content (AvgIpc) is 2.42. The summed E-state index contributed by atoms with van der Waals surface area (Å²) in [6.45, 7) is 8.00. The monoisotopic (exact) mass is 249 g/mol. The Morgan fingerprint density at radius 2 is 1.67 bits per heavy atom. The van der Waals surface area contributed by atoms with Crippen molar-refractivity contribution in [3.8, 4) is 0 Å². The van der Waals surface area contributed by atoms with E-state index in [0.717, 1.165) is 6.07 Å². The lowest BCUT2D eigenvalue weighted by molar-refractivity contribution is 0.0699. The van der Waals surface area contributed by atoms with Crippen LogP contribution in [0.15, 0.2) is 35.1 Å². The number of rotatable bonds is 1. The van der Waals surface area contributed by atoms with Gasteiger partial charge in [0.05, 0.1) is 5.56 Å². The highest BCUT2D eigenvalue weighted by molar-refractivity contribution is 6.02. The molecule has 2 N–H and O–H groups in total. The summed E-state index contributed by atoms with van der Waals surface area (Å²) < 4.78 is 0. The molecule has 4 nitrogen and oxygen atoms in total. The summed E-state index contributed by atoms with van der Waals surface area (Å²) in [6.07, 6.45) is 0. The number of pyridine rings is 1. The lowest BCUT2D eigenvalue weighted by Gasteiger charge is -2.00. The van der Waals surface area contributed by atoms with Crippen molar-refractivity contribution in [2.24, 2.45) is 0 Å². The largest absolute Gasteiger partial charge is 0.478 e. The third-order valence-corrected chi connectivity index (χ3v) is 1.98. The molecule has 0 aliphatic heterocycles. The minimum Gasteiger partial charge on any atom is -0.478 e. The normalized spacial score (nSPS) is 8.67. The van der Waals surface area contributed by atoms with Crippen LogP contribution in [0.5, 0.6) is 0 Å². The van der Waals surface area contributed by atoms with Crippen LogP contribution < -0.4 is 5.56 Å². The minimum absolute atomic E-state index is 0.0318. The van der Waals surface area contributed by atoms with E-state index >= 15 is 0 Å². The molecule has 4 heteroatoms. The molecule has 1 heterocycles. The van der Waals surface area contributed by atoms with E-state index in [2.05, 4.69) is 4.98 Å². The number of carbonyl (C=O) groups is 1. The van der Waals surface area contributed by atoms with Crippen molar-refractivity contribution < 1.29 is 9.90 Å². The molecule has 98 valence electrons. The van der Waals surface area contributed by atoms with Crippen LogP contribution in [0.4, 0.5) is 0 Å². The maximum Gasteiger partial charge on any atom is 0.336 e. The van der Waals surface area contributed by atoms with Crippen molar-refractivity contribution in [3.63, 3.8) is 0 Å². The molecule has 0 saturated carbocycles. The standard InChI is InChI=1S/C10H7NO3.2C2H6/c12-9-5-7(10(13)14)6-3-1-2-4-8(6)11-9;2*1-2/h1-5H,(H,11,12)(H,13,14);2*1-2H3. The van der Waals surface area contributed by atoms with E-state index in [-0.39, 0.29) is 5.56 Å². The second kappa shape index (κ2) is 8.06. The number of aromatic nitrogens is 1. The first-order valence-corrected chi connectivity index (χ1v) is 6.04. The Bertz CT molecular complexity index is 558. The third-order valence-electron chi connectivity index (χ3n) is 1.98. The third kappa shape index (κ3) is 3.73. The Kier molecular flexibility index (Phi) is 7.12. The molecule has 1 aromatic heterocycles. The van der Waals surface area contributed by atoms with Crippen molar-refractivity contribution in [2.45, 2.75) is 27.7 Å². The first-order valence-electron chi connectivity index (χ1n) is 6.04. The van der Waals surface area contributed by atoms with Crippen LogP contribution in [0, 0.1) is 0 Å². The number of hydrogen-bond acceptors (Lipinski definition) is 2. The Morgan fingerprint density at radius 1 is 1.11 bits per heavy atom. The molecule has 0 atom stereocenters. The van der Waals surface area contributed by atoms with Gasteiger partial charge in [-0.25, -0.2) is 4.79 Å². The molecule has 0 aliphatic carbocycles. The van der Waals surface area contributed by atoms with Crippen molar-refractivity contribution in [1.82, 2.24) is 4.98 Å². The Labute approximate surface area is 106 Å².